The lowest BCUT2D eigenvalue weighted by atomic mass is 9.94. The van der Waals surface area contributed by atoms with Crippen molar-refractivity contribution in [3.8, 4) is 0 Å². The Morgan fingerprint density at radius 2 is 1.88 bits per heavy atom. The number of hydrogen-bond donors (Lipinski definition) is 0. The van der Waals surface area contributed by atoms with Crippen LogP contribution in [0, 0.1) is 12.8 Å². The molecule has 0 aromatic carbocycles. The number of carbonyl (C=O) groups excluding carboxylic acids is 1. The van der Waals surface area contributed by atoms with Crippen molar-refractivity contribution in [2.45, 2.75) is 45.3 Å². The van der Waals surface area contributed by atoms with Crippen molar-refractivity contribution in [2.75, 3.05) is 24.6 Å². The Kier molecular flexibility index (Phi) is 4.32. The number of aromatic nitrogens is 1. The van der Waals surface area contributed by atoms with Crippen molar-refractivity contribution in [3.63, 3.8) is 0 Å². The Balaban J connectivity index is 1.33. The summed E-state index contributed by atoms with van der Waals surface area (Å²) in [6.45, 7) is 5.00. The van der Waals surface area contributed by atoms with E-state index in [9.17, 15) is 13.2 Å². The third kappa shape index (κ3) is 3.44. The number of fused-ring (bicyclic) bond motifs is 1. The standard InChI is InChI=1S/C18H25N3O3S/c1-13-8-15-10-21(11-16(15)9-19-13)18(22)14-2-5-20(6-3-14)17-4-7-25(23,24)12-17/h8-9,14,17H,2-7,10-12H2,1H3. The summed E-state index contributed by atoms with van der Waals surface area (Å²) in [7, 11) is -2.84. The van der Waals surface area contributed by atoms with E-state index < -0.39 is 9.84 Å². The molecule has 0 radical (unpaired) electrons. The summed E-state index contributed by atoms with van der Waals surface area (Å²) in [5, 5.41) is 0. The first-order chi connectivity index (χ1) is 11.9. The molecule has 6 nitrogen and oxygen atoms in total. The zero-order chi connectivity index (χ0) is 17.6. The average molecular weight is 363 g/mol. The van der Waals surface area contributed by atoms with Crippen LogP contribution in [0.2, 0.25) is 0 Å². The van der Waals surface area contributed by atoms with Gasteiger partial charge in [0.05, 0.1) is 11.5 Å². The number of sulfone groups is 1. The van der Waals surface area contributed by atoms with Crippen molar-refractivity contribution >= 4 is 15.7 Å². The van der Waals surface area contributed by atoms with Crippen LogP contribution in [-0.2, 0) is 27.7 Å². The zero-order valence-corrected chi connectivity index (χ0v) is 15.5. The Morgan fingerprint density at radius 3 is 2.56 bits per heavy atom. The lowest BCUT2D eigenvalue weighted by Gasteiger charge is -2.36. The third-order valence-corrected chi connectivity index (χ3v) is 7.61. The second-order valence-corrected chi connectivity index (χ2v) is 9.88. The van der Waals surface area contributed by atoms with Crippen LogP contribution < -0.4 is 0 Å². The van der Waals surface area contributed by atoms with Crippen LogP contribution in [0.5, 0.6) is 0 Å². The summed E-state index contributed by atoms with van der Waals surface area (Å²) in [5.41, 5.74) is 3.37. The Hall–Kier alpha value is -1.47. The molecule has 0 saturated carbocycles. The van der Waals surface area contributed by atoms with E-state index in [2.05, 4.69) is 16.0 Å². The number of hydrogen-bond acceptors (Lipinski definition) is 5. The van der Waals surface area contributed by atoms with Gasteiger partial charge in [-0.15, -0.1) is 0 Å². The van der Waals surface area contributed by atoms with Crippen LogP contribution in [0.25, 0.3) is 0 Å². The van der Waals surface area contributed by atoms with Gasteiger partial charge in [-0.25, -0.2) is 8.42 Å². The van der Waals surface area contributed by atoms with Crippen LogP contribution in [0.15, 0.2) is 12.3 Å². The van der Waals surface area contributed by atoms with Crippen LogP contribution in [0.3, 0.4) is 0 Å². The third-order valence-electron chi connectivity index (χ3n) is 5.86. The fourth-order valence-electron chi connectivity index (χ4n) is 4.39. The van der Waals surface area contributed by atoms with Crippen LogP contribution in [0.1, 0.15) is 36.1 Å². The van der Waals surface area contributed by atoms with E-state index in [1.807, 2.05) is 18.0 Å². The second kappa shape index (κ2) is 6.36. The van der Waals surface area contributed by atoms with Crippen LogP contribution in [0.4, 0.5) is 0 Å². The van der Waals surface area contributed by atoms with Crippen molar-refractivity contribution in [2.24, 2.45) is 5.92 Å². The van der Waals surface area contributed by atoms with Gasteiger partial charge in [-0.1, -0.05) is 0 Å². The van der Waals surface area contributed by atoms with Crippen LogP contribution in [-0.4, -0.2) is 59.7 Å². The number of aryl methyl sites for hydroxylation is 1. The molecule has 3 aliphatic rings. The molecule has 1 aromatic heterocycles. The predicted molar refractivity (Wildman–Crippen MR) is 94.6 cm³/mol. The van der Waals surface area contributed by atoms with Gasteiger partial charge in [0, 0.05) is 36.9 Å². The number of nitrogens with zero attached hydrogens (tertiary/aromatic N) is 3. The predicted octanol–water partition coefficient (Wildman–Crippen LogP) is 1.13. The monoisotopic (exact) mass is 363 g/mol. The molecule has 7 heteroatoms. The Morgan fingerprint density at radius 1 is 1.16 bits per heavy atom. The smallest absolute Gasteiger partial charge is 0.226 e. The fourth-order valence-corrected chi connectivity index (χ4v) is 6.15. The summed E-state index contributed by atoms with van der Waals surface area (Å²) in [5.74, 6) is 0.917. The minimum Gasteiger partial charge on any atom is -0.334 e. The largest absolute Gasteiger partial charge is 0.334 e. The van der Waals surface area contributed by atoms with Crippen molar-refractivity contribution in [1.82, 2.24) is 14.8 Å². The molecular weight excluding hydrogens is 338 g/mol. The molecule has 4 rings (SSSR count). The highest BCUT2D eigenvalue weighted by Gasteiger charge is 2.37. The molecule has 1 aromatic rings. The van der Waals surface area contributed by atoms with Gasteiger partial charge in [0.1, 0.15) is 0 Å². The maximum atomic E-state index is 12.9. The van der Waals surface area contributed by atoms with E-state index in [4.69, 9.17) is 0 Å². The SMILES string of the molecule is Cc1cc2c(cn1)CN(C(=O)C1CCN(C3CCS(=O)(=O)C3)CC1)C2. The van der Waals surface area contributed by atoms with Crippen LogP contribution >= 0.6 is 0 Å². The van der Waals surface area contributed by atoms with Gasteiger partial charge in [0.2, 0.25) is 5.91 Å². The lowest BCUT2D eigenvalue weighted by Crippen LogP contribution is -2.45. The fraction of sp³-hybridized carbons (Fsp3) is 0.667. The van der Waals surface area contributed by atoms with Gasteiger partial charge >= 0.3 is 0 Å². The number of likely N-dealkylation sites (tertiary alicyclic amines) is 1. The summed E-state index contributed by atoms with van der Waals surface area (Å²) >= 11 is 0. The quantitative estimate of drug-likeness (QED) is 0.788. The maximum absolute atomic E-state index is 12.9. The molecule has 25 heavy (non-hydrogen) atoms. The molecule has 2 fully saturated rings. The van der Waals surface area contributed by atoms with E-state index in [1.165, 1.54) is 5.56 Å². The minimum absolute atomic E-state index is 0.0672. The Bertz CT molecular complexity index is 785. The van der Waals surface area contributed by atoms with Crippen molar-refractivity contribution < 1.29 is 13.2 Å². The number of pyridine rings is 1. The minimum atomic E-state index is -2.84. The molecule has 0 N–H and O–H groups in total. The summed E-state index contributed by atoms with van der Waals surface area (Å²) < 4.78 is 23.3. The molecule has 0 aliphatic carbocycles. The lowest BCUT2D eigenvalue weighted by molar-refractivity contribution is -0.137. The van der Waals surface area contributed by atoms with Gasteiger partial charge in [-0.3, -0.25) is 14.7 Å². The van der Waals surface area contributed by atoms with Gasteiger partial charge in [0.25, 0.3) is 0 Å². The molecule has 1 amide bonds. The molecule has 1 unspecified atom stereocenters. The highest BCUT2D eigenvalue weighted by molar-refractivity contribution is 7.91. The van der Waals surface area contributed by atoms with Crippen molar-refractivity contribution in [1.29, 1.82) is 0 Å². The first kappa shape index (κ1) is 17.0. The molecule has 4 heterocycles. The van der Waals surface area contributed by atoms with E-state index in [0.29, 0.717) is 24.6 Å². The van der Waals surface area contributed by atoms with E-state index in [1.54, 1.807) is 0 Å². The molecule has 136 valence electrons. The first-order valence-corrected chi connectivity index (χ1v) is 10.9. The highest BCUT2D eigenvalue weighted by atomic mass is 32.2. The normalized spacial score (nSPS) is 26.8. The van der Waals surface area contributed by atoms with E-state index >= 15 is 0 Å². The first-order valence-electron chi connectivity index (χ1n) is 9.09. The topological polar surface area (TPSA) is 70.6 Å². The molecular formula is C18H25N3O3S. The molecule has 0 bridgehead atoms. The average Bonchev–Trinajstić information content (AvgIpc) is 3.17. The molecule has 3 aliphatic heterocycles. The number of piperidine rings is 1. The Labute approximate surface area is 149 Å². The van der Waals surface area contributed by atoms with Gasteiger partial charge < -0.3 is 4.90 Å². The number of amides is 1. The summed E-state index contributed by atoms with van der Waals surface area (Å²) in [6.07, 6.45) is 4.30. The van der Waals surface area contributed by atoms with E-state index in [-0.39, 0.29) is 17.9 Å². The maximum Gasteiger partial charge on any atom is 0.226 e. The number of rotatable bonds is 2. The van der Waals surface area contributed by atoms with Crippen molar-refractivity contribution in [3.05, 3.63) is 29.1 Å². The van der Waals surface area contributed by atoms with E-state index in [0.717, 1.165) is 43.6 Å². The zero-order valence-electron chi connectivity index (χ0n) is 14.6. The highest BCUT2D eigenvalue weighted by Crippen LogP contribution is 2.29. The summed E-state index contributed by atoms with van der Waals surface area (Å²) in [4.78, 5) is 21.4. The molecule has 0 spiro atoms. The molecule has 2 saturated heterocycles. The van der Waals surface area contributed by atoms with Gasteiger partial charge in [0.15, 0.2) is 9.84 Å². The number of carbonyl (C=O) groups is 1. The molecule has 1 atom stereocenters. The second-order valence-electron chi connectivity index (χ2n) is 7.66. The van der Waals surface area contributed by atoms with Gasteiger partial charge in [-0.05, 0) is 56.5 Å². The summed E-state index contributed by atoms with van der Waals surface area (Å²) in [6, 6.07) is 2.23. The van der Waals surface area contributed by atoms with Gasteiger partial charge in [-0.2, -0.15) is 0 Å².